The Labute approximate surface area is 143 Å². The molecule has 0 heterocycles. The Morgan fingerprint density at radius 1 is 0.917 bits per heavy atom. The van der Waals surface area contributed by atoms with Crippen molar-refractivity contribution >= 4 is 15.7 Å². The molecule has 0 aliphatic rings. The molecule has 0 aliphatic heterocycles. The van der Waals surface area contributed by atoms with E-state index >= 15 is 0 Å². The van der Waals surface area contributed by atoms with Crippen molar-refractivity contribution < 1.29 is 18.3 Å². The minimum absolute atomic E-state index is 0.123. The highest BCUT2D eigenvalue weighted by Gasteiger charge is 2.24. The topological polar surface area (TPSA) is 75.6 Å². The third kappa shape index (κ3) is 3.06. The zero-order valence-corrected chi connectivity index (χ0v) is 15.6. The number of anilines is 1. The molecule has 0 unspecified atom stereocenters. The molecule has 0 atom stereocenters. The van der Waals surface area contributed by atoms with E-state index < -0.39 is 10.0 Å². The molecule has 0 aliphatic carbocycles. The van der Waals surface area contributed by atoms with Gasteiger partial charge in [0, 0.05) is 6.07 Å². The van der Waals surface area contributed by atoms with Crippen molar-refractivity contribution in [2.24, 2.45) is 0 Å². The Bertz CT molecular complexity index is 873. The standard InChI is InChI=1S/C18H23NO4S/c1-10-11(2)13(4)18(14(5)12(10)3)24(21,22)19-15-7-8-17(23-6)16(20)9-15/h7-9,19-20H,1-6H3. The molecular formula is C18H23NO4S. The molecule has 0 radical (unpaired) electrons. The van der Waals surface area contributed by atoms with E-state index in [4.69, 9.17) is 4.74 Å². The smallest absolute Gasteiger partial charge is 0.262 e. The van der Waals surface area contributed by atoms with Crippen LogP contribution in [0.15, 0.2) is 23.1 Å². The maximum Gasteiger partial charge on any atom is 0.262 e. The fourth-order valence-corrected chi connectivity index (χ4v) is 4.48. The molecule has 0 aromatic heterocycles. The van der Waals surface area contributed by atoms with Gasteiger partial charge < -0.3 is 9.84 Å². The van der Waals surface area contributed by atoms with E-state index in [1.165, 1.54) is 19.2 Å². The first kappa shape index (κ1) is 18.1. The normalized spacial score (nSPS) is 11.4. The first-order valence-corrected chi connectivity index (χ1v) is 9.05. The first-order chi connectivity index (χ1) is 11.1. The van der Waals surface area contributed by atoms with Crippen molar-refractivity contribution in [2.75, 3.05) is 11.8 Å². The van der Waals surface area contributed by atoms with Gasteiger partial charge in [-0.05, 0) is 74.6 Å². The van der Waals surface area contributed by atoms with Crippen LogP contribution in [-0.2, 0) is 10.0 Å². The van der Waals surface area contributed by atoms with Gasteiger partial charge in [-0.2, -0.15) is 0 Å². The lowest BCUT2D eigenvalue weighted by Crippen LogP contribution is -2.17. The first-order valence-electron chi connectivity index (χ1n) is 7.57. The molecular weight excluding hydrogens is 326 g/mol. The van der Waals surface area contributed by atoms with E-state index in [0.717, 1.165) is 27.8 Å². The number of methoxy groups -OCH3 is 1. The summed E-state index contributed by atoms with van der Waals surface area (Å²) < 4.78 is 33.3. The zero-order valence-electron chi connectivity index (χ0n) is 14.8. The molecule has 5 nitrogen and oxygen atoms in total. The number of phenols is 1. The van der Waals surface area contributed by atoms with Gasteiger partial charge in [0.05, 0.1) is 17.7 Å². The summed E-state index contributed by atoms with van der Waals surface area (Å²) in [6.07, 6.45) is 0. The van der Waals surface area contributed by atoms with Crippen LogP contribution in [0.4, 0.5) is 5.69 Å². The van der Waals surface area contributed by atoms with E-state index in [1.807, 2.05) is 34.6 Å². The number of benzene rings is 2. The highest BCUT2D eigenvalue weighted by molar-refractivity contribution is 7.92. The second kappa shape index (κ2) is 6.36. The summed E-state index contributed by atoms with van der Waals surface area (Å²) in [5.41, 5.74) is 4.79. The van der Waals surface area contributed by atoms with E-state index in [2.05, 4.69) is 4.72 Å². The van der Waals surface area contributed by atoms with Gasteiger partial charge in [-0.1, -0.05) is 0 Å². The monoisotopic (exact) mass is 349 g/mol. The Hall–Kier alpha value is -2.21. The van der Waals surface area contributed by atoms with Gasteiger partial charge in [-0.15, -0.1) is 0 Å². The number of rotatable bonds is 4. The SMILES string of the molecule is COc1ccc(NS(=O)(=O)c2c(C)c(C)c(C)c(C)c2C)cc1O. The van der Waals surface area contributed by atoms with Gasteiger partial charge in [0.15, 0.2) is 11.5 Å². The summed E-state index contributed by atoms with van der Waals surface area (Å²) in [5.74, 6) is 0.162. The van der Waals surface area contributed by atoms with Crippen LogP contribution in [0.3, 0.4) is 0 Å². The van der Waals surface area contributed by atoms with Gasteiger partial charge in [0.1, 0.15) is 0 Å². The third-order valence-electron chi connectivity index (χ3n) is 4.63. The van der Waals surface area contributed by atoms with Crippen LogP contribution in [0, 0.1) is 34.6 Å². The summed E-state index contributed by atoms with van der Waals surface area (Å²) in [5, 5.41) is 9.83. The van der Waals surface area contributed by atoms with Crippen LogP contribution in [0.5, 0.6) is 11.5 Å². The molecule has 2 N–H and O–H groups in total. The number of phenolic OH excluding ortho intramolecular Hbond substituents is 1. The minimum Gasteiger partial charge on any atom is -0.504 e. The lowest BCUT2D eigenvalue weighted by atomic mass is 9.95. The highest BCUT2D eigenvalue weighted by Crippen LogP contribution is 2.33. The van der Waals surface area contributed by atoms with Crippen molar-refractivity contribution in [3.05, 3.63) is 46.0 Å². The number of sulfonamides is 1. The number of hydrogen-bond donors (Lipinski definition) is 2. The van der Waals surface area contributed by atoms with Gasteiger partial charge in [-0.3, -0.25) is 4.72 Å². The van der Waals surface area contributed by atoms with Crippen LogP contribution in [-0.4, -0.2) is 20.6 Å². The van der Waals surface area contributed by atoms with Crippen LogP contribution in [0.1, 0.15) is 27.8 Å². The predicted octanol–water partition coefficient (Wildman–Crippen LogP) is 3.74. The summed E-state index contributed by atoms with van der Waals surface area (Å²) in [6.45, 7) is 9.48. The molecule has 0 saturated carbocycles. The number of ether oxygens (including phenoxy) is 1. The quantitative estimate of drug-likeness (QED) is 0.881. The van der Waals surface area contributed by atoms with E-state index in [1.54, 1.807) is 6.07 Å². The minimum atomic E-state index is -3.77. The fraction of sp³-hybridized carbons (Fsp3) is 0.333. The molecule has 0 bridgehead atoms. The Morgan fingerprint density at radius 2 is 1.42 bits per heavy atom. The van der Waals surface area contributed by atoms with Gasteiger partial charge in [0.2, 0.25) is 0 Å². The summed E-state index contributed by atoms with van der Waals surface area (Å²) in [6, 6.07) is 4.39. The van der Waals surface area contributed by atoms with Gasteiger partial charge in [0.25, 0.3) is 10.0 Å². The lowest BCUT2D eigenvalue weighted by Gasteiger charge is -2.19. The van der Waals surface area contributed by atoms with Crippen molar-refractivity contribution in [1.29, 1.82) is 0 Å². The number of hydrogen-bond acceptors (Lipinski definition) is 4. The molecule has 24 heavy (non-hydrogen) atoms. The molecule has 0 fully saturated rings. The average Bonchev–Trinajstić information content (AvgIpc) is 2.50. The van der Waals surface area contributed by atoms with E-state index in [-0.39, 0.29) is 17.2 Å². The van der Waals surface area contributed by atoms with Crippen LogP contribution < -0.4 is 9.46 Å². The predicted molar refractivity (Wildman–Crippen MR) is 95.6 cm³/mol. The van der Waals surface area contributed by atoms with Crippen molar-refractivity contribution in [2.45, 2.75) is 39.5 Å². The summed E-state index contributed by atoms with van der Waals surface area (Å²) in [4.78, 5) is 0.290. The van der Waals surface area contributed by atoms with E-state index in [9.17, 15) is 13.5 Å². The van der Waals surface area contributed by atoms with Crippen molar-refractivity contribution in [1.82, 2.24) is 0 Å². The Morgan fingerprint density at radius 3 is 1.88 bits per heavy atom. The van der Waals surface area contributed by atoms with Crippen molar-refractivity contribution in [3.8, 4) is 11.5 Å². The Kier molecular flexibility index (Phi) is 4.80. The second-order valence-electron chi connectivity index (χ2n) is 5.95. The maximum absolute atomic E-state index is 12.9. The molecule has 2 aromatic rings. The van der Waals surface area contributed by atoms with Crippen LogP contribution in [0.25, 0.3) is 0 Å². The summed E-state index contributed by atoms with van der Waals surface area (Å²) in [7, 11) is -2.34. The molecule has 0 spiro atoms. The molecule has 130 valence electrons. The molecule has 2 aromatic carbocycles. The Balaban J connectivity index is 2.55. The van der Waals surface area contributed by atoms with Crippen LogP contribution >= 0.6 is 0 Å². The number of nitrogens with one attached hydrogen (secondary N) is 1. The average molecular weight is 349 g/mol. The van der Waals surface area contributed by atoms with Gasteiger partial charge in [-0.25, -0.2) is 8.42 Å². The third-order valence-corrected chi connectivity index (χ3v) is 6.29. The number of aromatic hydroxyl groups is 1. The van der Waals surface area contributed by atoms with Crippen LogP contribution in [0.2, 0.25) is 0 Å². The zero-order chi connectivity index (χ0) is 18.2. The molecule has 0 amide bonds. The van der Waals surface area contributed by atoms with Gasteiger partial charge >= 0.3 is 0 Å². The molecule has 0 saturated heterocycles. The fourth-order valence-electron chi connectivity index (χ4n) is 2.83. The maximum atomic E-state index is 12.9. The van der Waals surface area contributed by atoms with E-state index in [0.29, 0.717) is 4.90 Å². The molecule has 2 rings (SSSR count). The summed E-state index contributed by atoms with van der Waals surface area (Å²) >= 11 is 0. The second-order valence-corrected chi connectivity index (χ2v) is 7.57. The largest absolute Gasteiger partial charge is 0.504 e. The van der Waals surface area contributed by atoms with Crippen molar-refractivity contribution in [3.63, 3.8) is 0 Å². The lowest BCUT2D eigenvalue weighted by molar-refractivity contribution is 0.373. The molecule has 6 heteroatoms. The highest BCUT2D eigenvalue weighted by atomic mass is 32.2.